The van der Waals surface area contributed by atoms with Crippen LogP contribution in [0, 0.1) is 13.8 Å². The van der Waals surface area contributed by atoms with E-state index in [1.165, 1.54) is 5.56 Å². The molecule has 0 radical (unpaired) electrons. The smallest absolute Gasteiger partial charge is 0.283 e. The Labute approximate surface area is 145 Å². The molecule has 3 aromatic heterocycles. The van der Waals surface area contributed by atoms with Gasteiger partial charge in [-0.2, -0.15) is 0 Å². The van der Waals surface area contributed by atoms with Crippen LogP contribution < -0.4 is 0 Å². The number of piperazine rings is 1. The van der Waals surface area contributed by atoms with Crippen LogP contribution >= 0.6 is 0 Å². The lowest BCUT2D eigenvalue weighted by atomic mass is 10.2. The largest absolute Gasteiger partial charge is 0.459 e. The van der Waals surface area contributed by atoms with Crippen LogP contribution in [0.25, 0.3) is 11.7 Å². The molecule has 1 saturated heterocycles. The Balaban J connectivity index is 1.30. The van der Waals surface area contributed by atoms with Crippen LogP contribution in [0.5, 0.6) is 0 Å². The highest BCUT2D eigenvalue weighted by Crippen LogP contribution is 2.20. The van der Waals surface area contributed by atoms with E-state index in [1.54, 1.807) is 12.3 Å². The molecule has 1 aliphatic rings. The van der Waals surface area contributed by atoms with Crippen LogP contribution in [-0.2, 0) is 13.1 Å². The average Bonchev–Trinajstić information content (AvgIpc) is 3.35. The lowest BCUT2D eigenvalue weighted by Gasteiger charge is -2.33. The van der Waals surface area contributed by atoms with Crippen LogP contribution in [-0.4, -0.2) is 51.3 Å². The Kier molecular flexibility index (Phi) is 4.37. The van der Waals surface area contributed by atoms with Crippen LogP contribution in [0.4, 0.5) is 0 Å². The molecular weight excluding hydrogens is 322 g/mol. The highest BCUT2D eigenvalue weighted by atomic mass is 16.5. The Morgan fingerprint density at radius 1 is 1.04 bits per heavy atom. The second-order valence-corrected chi connectivity index (χ2v) is 6.33. The van der Waals surface area contributed by atoms with Gasteiger partial charge in [0.25, 0.3) is 5.89 Å². The van der Waals surface area contributed by atoms with E-state index in [0.717, 1.165) is 44.2 Å². The van der Waals surface area contributed by atoms with Gasteiger partial charge in [-0.25, -0.2) is 0 Å². The molecule has 1 aliphatic heterocycles. The zero-order chi connectivity index (χ0) is 17.2. The number of furan rings is 1. The second kappa shape index (κ2) is 6.81. The number of hydrogen-bond acceptors (Lipinski definition) is 8. The van der Waals surface area contributed by atoms with Gasteiger partial charge in [0, 0.05) is 38.3 Å². The summed E-state index contributed by atoms with van der Waals surface area (Å²) in [4.78, 5) is 4.74. The van der Waals surface area contributed by atoms with Crippen LogP contribution in [0.3, 0.4) is 0 Å². The third-order valence-electron chi connectivity index (χ3n) is 4.59. The highest BCUT2D eigenvalue weighted by Gasteiger charge is 2.21. The van der Waals surface area contributed by atoms with Crippen molar-refractivity contribution in [1.29, 1.82) is 0 Å². The van der Waals surface area contributed by atoms with Gasteiger partial charge in [0.2, 0.25) is 5.89 Å². The number of rotatable bonds is 5. The molecule has 4 rings (SSSR count). The van der Waals surface area contributed by atoms with Crippen molar-refractivity contribution < 1.29 is 13.4 Å². The molecule has 0 amide bonds. The second-order valence-electron chi connectivity index (χ2n) is 6.33. The third-order valence-corrected chi connectivity index (χ3v) is 4.59. The van der Waals surface area contributed by atoms with Crippen molar-refractivity contribution in [3.8, 4) is 11.7 Å². The SMILES string of the molecule is Cc1noc(C)c1CN1CCN(Cc2nnc(-c3ccco3)o2)CC1. The van der Waals surface area contributed by atoms with E-state index < -0.39 is 0 Å². The molecule has 0 aliphatic carbocycles. The van der Waals surface area contributed by atoms with Gasteiger partial charge in [0.15, 0.2) is 5.76 Å². The Morgan fingerprint density at radius 3 is 2.44 bits per heavy atom. The standard InChI is InChI=1S/C17H21N5O3/c1-12-14(13(2)25-20-12)10-21-5-7-22(8-6-21)11-16-18-19-17(24-16)15-4-3-9-23-15/h3-4,9H,5-8,10-11H2,1-2H3. The summed E-state index contributed by atoms with van der Waals surface area (Å²) in [5.74, 6) is 2.56. The Morgan fingerprint density at radius 2 is 1.80 bits per heavy atom. The van der Waals surface area contributed by atoms with Crippen LogP contribution in [0.1, 0.15) is 22.9 Å². The van der Waals surface area contributed by atoms with Crippen molar-refractivity contribution in [2.24, 2.45) is 0 Å². The van der Waals surface area contributed by atoms with E-state index in [0.29, 0.717) is 24.1 Å². The molecule has 1 fully saturated rings. The number of nitrogens with zero attached hydrogens (tertiary/aromatic N) is 5. The van der Waals surface area contributed by atoms with Gasteiger partial charge in [-0.05, 0) is 26.0 Å². The van der Waals surface area contributed by atoms with Crippen LogP contribution in [0.2, 0.25) is 0 Å². The van der Waals surface area contributed by atoms with Crippen molar-refractivity contribution in [2.45, 2.75) is 26.9 Å². The van der Waals surface area contributed by atoms with Gasteiger partial charge in [0.1, 0.15) is 5.76 Å². The average molecular weight is 343 g/mol. The fourth-order valence-corrected chi connectivity index (χ4v) is 3.07. The maximum Gasteiger partial charge on any atom is 0.283 e. The van der Waals surface area contributed by atoms with Crippen LogP contribution in [0.15, 0.2) is 31.8 Å². The molecular formula is C17H21N5O3. The van der Waals surface area contributed by atoms with E-state index in [4.69, 9.17) is 13.4 Å². The molecule has 25 heavy (non-hydrogen) atoms. The summed E-state index contributed by atoms with van der Waals surface area (Å²) in [6.07, 6.45) is 1.59. The van der Waals surface area contributed by atoms with Gasteiger partial charge in [-0.3, -0.25) is 9.80 Å². The summed E-state index contributed by atoms with van der Waals surface area (Å²) in [5, 5.41) is 12.2. The van der Waals surface area contributed by atoms with Crippen molar-refractivity contribution in [1.82, 2.24) is 25.2 Å². The first-order chi connectivity index (χ1) is 12.2. The first-order valence-corrected chi connectivity index (χ1v) is 8.42. The fraction of sp³-hybridized carbons (Fsp3) is 0.471. The molecule has 8 nitrogen and oxygen atoms in total. The molecule has 0 bridgehead atoms. The van der Waals surface area contributed by atoms with Crippen molar-refractivity contribution in [3.05, 3.63) is 41.3 Å². The topological polar surface area (TPSA) is 84.6 Å². The molecule has 0 atom stereocenters. The molecule has 0 unspecified atom stereocenters. The van der Waals surface area contributed by atoms with Crippen molar-refractivity contribution in [2.75, 3.05) is 26.2 Å². The number of aryl methyl sites for hydroxylation is 2. The maximum absolute atomic E-state index is 5.68. The number of aromatic nitrogens is 3. The zero-order valence-corrected chi connectivity index (χ0v) is 14.4. The summed E-state index contributed by atoms with van der Waals surface area (Å²) in [6, 6.07) is 3.61. The summed E-state index contributed by atoms with van der Waals surface area (Å²) >= 11 is 0. The quantitative estimate of drug-likeness (QED) is 0.697. The highest BCUT2D eigenvalue weighted by molar-refractivity contribution is 5.42. The van der Waals surface area contributed by atoms with E-state index in [9.17, 15) is 0 Å². The molecule has 0 spiro atoms. The monoisotopic (exact) mass is 343 g/mol. The van der Waals surface area contributed by atoms with E-state index in [1.807, 2.05) is 19.9 Å². The number of hydrogen-bond donors (Lipinski definition) is 0. The van der Waals surface area contributed by atoms with Crippen molar-refractivity contribution >= 4 is 0 Å². The molecule has 132 valence electrons. The molecule has 8 heteroatoms. The Hall–Kier alpha value is -2.45. The minimum atomic E-state index is 0.428. The lowest BCUT2D eigenvalue weighted by molar-refractivity contribution is 0.114. The van der Waals surface area contributed by atoms with Gasteiger partial charge >= 0.3 is 0 Å². The minimum absolute atomic E-state index is 0.428. The first-order valence-electron chi connectivity index (χ1n) is 8.42. The lowest BCUT2D eigenvalue weighted by Crippen LogP contribution is -2.45. The maximum atomic E-state index is 5.68. The molecule has 0 aromatic carbocycles. The predicted octanol–water partition coefficient (Wildman–Crippen LogP) is 2.25. The minimum Gasteiger partial charge on any atom is -0.459 e. The summed E-state index contributed by atoms with van der Waals surface area (Å²) < 4.78 is 16.2. The Bertz CT molecular complexity index is 796. The van der Waals surface area contributed by atoms with Gasteiger partial charge in [-0.15, -0.1) is 10.2 Å². The van der Waals surface area contributed by atoms with Crippen molar-refractivity contribution in [3.63, 3.8) is 0 Å². The summed E-state index contributed by atoms with van der Waals surface area (Å²) in [6.45, 7) is 9.41. The van der Waals surface area contributed by atoms with Gasteiger partial charge in [-0.1, -0.05) is 5.16 Å². The zero-order valence-electron chi connectivity index (χ0n) is 14.4. The molecule has 0 saturated carbocycles. The molecule has 3 aromatic rings. The van der Waals surface area contributed by atoms with Gasteiger partial charge in [0.05, 0.1) is 18.5 Å². The van der Waals surface area contributed by atoms with E-state index >= 15 is 0 Å². The van der Waals surface area contributed by atoms with E-state index in [2.05, 4.69) is 25.2 Å². The third kappa shape index (κ3) is 3.49. The summed E-state index contributed by atoms with van der Waals surface area (Å²) in [7, 11) is 0. The predicted molar refractivity (Wildman–Crippen MR) is 88.5 cm³/mol. The molecule has 0 N–H and O–H groups in total. The van der Waals surface area contributed by atoms with Gasteiger partial charge < -0.3 is 13.4 Å². The van der Waals surface area contributed by atoms with E-state index in [-0.39, 0.29) is 0 Å². The normalized spacial score (nSPS) is 16.6. The fourth-order valence-electron chi connectivity index (χ4n) is 3.07. The molecule has 4 heterocycles. The summed E-state index contributed by atoms with van der Waals surface area (Å²) in [5.41, 5.74) is 2.18. The first kappa shape index (κ1) is 16.0.